The van der Waals surface area contributed by atoms with Gasteiger partial charge < -0.3 is 4.74 Å². The van der Waals surface area contributed by atoms with Gasteiger partial charge in [0.15, 0.2) is 5.78 Å². The molecule has 2 rings (SSSR count). The number of allylic oxidation sites excluding steroid dienone is 3. The Bertz CT molecular complexity index is 486. The van der Waals surface area contributed by atoms with E-state index >= 15 is 0 Å². The molecule has 1 aliphatic carbocycles. The molecule has 0 bridgehead atoms. The molecule has 21 heavy (non-hydrogen) atoms. The van der Waals surface area contributed by atoms with E-state index < -0.39 is 0 Å². The number of carbonyl (C=O) groups is 1. The summed E-state index contributed by atoms with van der Waals surface area (Å²) in [4.78, 5) is 12.4. The van der Waals surface area contributed by atoms with E-state index in [0.29, 0.717) is 5.92 Å². The molecule has 0 aromatic carbocycles. The highest BCUT2D eigenvalue weighted by Crippen LogP contribution is 2.47. The lowest BCUT2D eigenvalue weighted by Gasteiger charge is -2.42. The Hall–Kier alpha value is -1.15. The second kappa shape index (κ2) is 5.57. The lowest BCUT2D eigenvalue weighted by atomic mass is 9.61. The summed E-state index contributed by atoms with van der Waals surface area (Å²) in [5.74, 6) is 0.691. The Morgan fingerprint density at radius 1 is 1.33 bits per heavy atom. The molecule has 0 amide bonds. The van der Waals surface area contributed by atoms with Crippen LogP contribution < -0.4 is 0 Å². The van der Waals surface area contributed by atoms with Gasteiger partial charge in [-0.15, -0.1) is 6.58 Å². The average Bonchev–Trinajstić information content (AvgIpc) is 3.03. The lowest BCUT2D eigenvalue weighted by molar-refractivity contribution is -0.120. The molecule has 1 heterocycles. The van der Waals surface area contributed by atoms with Gasteiger partial charge in [-0.25, -0.2) is 0 Å². The van der Waals surface area contributed by atoms with Gasteiger partial charge in [0, 0.05) is 5.92 Å². The number of epoxide rings is 1. The minimum absolute atomic E-state index is 0.0773. The summed E-state index contributed by atoms with van der Waals surface area (Å²) in [5.41, 5.74) is 1.14. The van der Waals surface area contributed by atoms with Crippen molar-refractivity contribution >= 4 is 5.78 Å². The van der Waals surface area contributed by atoms with E-state index in [9.17, 15) is 4.79 Å². The summed E-state index contributed by atoms with van der Waals surface area (Å²) in [6.45, 7) is 16.5. The Morgan fingerprint density at radius 2 is 1.95 bits per heavy atom. The predicted octanol–water partition coefficient (Wildman–Crippen LogP) is 4.47. The highest BCUT2D eigenvalue weighted by Gasteiger charge is 2.46. The van der Waals surface area contributed by atoms with E-state index in [-0.39, 0.29) is 28.8 Å². The standard InChI is InChI=1S/C19H28O2/c1-7-19(6)11-10-14(12-15(19)13(2)3)16(20)8-9-17-18(4,5)21-17/h7-9,14-15,17H,1-2,10-12H2,3-6H3/b9-8+/t14-,15-,17-,19-/m0/s1. The van der Waals surface area contributed by atoms with Gasteiger partial charge in [0.2, 0.25) is 0 Å². The van der Waals surface area contributed by atoms with Crippen LogP contribution in [-0.2, 0) is 9.53 Å². The predicted molar refractivity (Wildman–Crippen MR) is 87.0 cm³/mol. The van der Waals surface area contributed by atoms with Crippen LogP contribution in [0.1, 0.15) is 47.0 Å². The molecule has 2 heteroatoms. The Balaban J connectivity index is 2.01. The minimum atomic E-state index is -0.0923. The van der Waals surface area contributed by atoms with Crippen LogP contribution in [0.3, 0.4) is 0 Å². The van der Waals surface area contributed by atoms with Crippen LogP contribution in [0.2, 0.25) is 0 Å². The lowest BCUT2D eigenvalue weighted by Crippen LogP contribution is -2.35. The fourth-order valence-electron chi connectivity index (χ4n) is 3.48. The SMILES string of the molecule is C=C[C@@]1(C)CC[C@H](C(=O)/C=C/[C@@H]2OC2(C)C)C[C@H]1C(=C)C. The van der Waals surface area contributed by atoms with E-state index in [4.69, 9.17) is 4.74 Å². The maximum atomic E-state index is 12.4. The molecule has 0 radical (unpaired) electrons. The fraction of sp³-hybridized carbons (Fsp3) is 0.632. The molecule has 0 aromatic rings. The summed E-state index contributed by atoms with van der Waals surface area (Å²) < 4.78 is 5.49. The Labute approximate surface area is 129 Å². The molecule has 1 saturated carbocycles. The van der Waals surface area contributed by atoms with Gasteiger partial charge in [0.05, 0.1) is 5.60 Å². The summed E-state index contributed by atoms with van der Waals surface area (Å²) in [5, 5.41) is 0. The van der Waals surface area contributed by atoms with Crippen molar-refractivity contribution in [2.45, 2.75) is 58.7 Å². The van der Waals surface area contributed by atoms with Crippen molar-refractivity contribution in [3.05, 3.63) is 37.0 Å². The maximum Gasteiger partial charge on any atom is 0.158 e. The fourth-order valence-corrected chi connectivity index (χ4v) is 3.48. The van der Waals surface area contributed by atoms with Crippen molar-refractivity contribution < 1.29 is 9.53 Å². The average molecular weight is 288 g/mol. The monoisotopic (exact) mass is 288 g/mol. The van der Waals surface area contributed by atoms with Crippen molar-refractivity contribution in [2.24, 2.45) is 17.3 Å². The molecule has 4 atom stereocenters. The first kappa shape index (κ1) is 16.2. The van der Waals surface area contributed by atoms with Gasteiger partial charge in [-0.05, 0) is 63.5 Å². The zero-order valence-corrected chi connectivity index (χ0v) is 13.8. The van der Waals surface area contributed by atoms with Gasteiger partial charge in [-0.2, -0.15) is 0 Å². The number of ketones is 1. The Morgan fingerprint density at radius 3 is 2.43 bits per heavy atom. The highest BCUT2D eigenvalue weighted by atomic mass is 16.6. The van der Waals surface area contributed by atoms with E-state index in [1.807, 2.05) is 26.0 Å². The van der Waals surface area contributed by atoms with Crippen molar-refractivity contribution in [3.63, 3.8) is 0 Å². The molecule has 1 aliphatic heterocycles. The van der Waals surface area contributed by atoms with Gasteiger partial charge >= 0.3 is 0 Å². The molecular formula is C19H28O2. The molecule has 0 unspecified atom stereocenters. The third-order valence-corrected chi connectivity index (χ3v) is 5.31. The third-order valence-electron chi connectivity index (χ3n) is 5.31. The molecule has 1 saturated heterocycles. The van der Waals surface area contributed by atoms with Crippen LogP contribution in [0.5, 0.6) is 0 Å². The largest absolute Gasteiger partial charge is 0.362 e. The van der Waals surface area contributed by atoms with Crippen molar-refractivity contribution in [1.29, 1.82) is 0 Å². The van der Waals surface area contributed by atoms with Crippen LogP contribution in [0.15, 0.2) is 37.0 Å². The summed E-state index contributed by atoms with van der Waals surface area (Å²) in [6.07, 6.45) is 8.61. The normalized spacial score (nSPS) is 38.2. The third kappa shape index (κ3) is 3.37. The summed E-state index contributed by atoms with van der Waals surface area (Å²) in [6, 6.07) is 0. The van der Waals surface area contributed by atoms with Crippen LogP contribution in [-0.4, -0.2) is 17.5 Å². The van der Waals surface area contributed by atoms with E-state index in [1.54, 1.807) is 6.08 Å². The first-order valence-corrected chi connectivity index (χ1v) is 7.88. The summed E-state index contributed by atoms with van der Waals surface area (Å²) >= 11 is 0. The molecule has 116 valence electrons. The van der Waals surface area contributed by atoms with Crippen LogP contribution in [0, 0.1) is 17.3 Å². The quantitative estimate of drug-likeness (QED) is 0.424. The number of ether oxygens (including phenoxy) is 1. The minimum Gasteiger partial charge on any atom is -0.362 e. The maximum absolute atomic E-state index is 12.4. The second-order valence-corrected chi connectivity index (χ2v) is 7.48. The molecule has 2 fully saturated rings. The van der Waals surface area contributed by atoms with Crippen molar-refractivity contribution in [3.8, 4) is 0 Å². The van der Waals surface area contributed by atoms with Gasteiger partial charge in [0.1, 0.15) is 6.10 Å². The van der Waals surface area contributed by atoms with E-state index in [0.717, 1.165) is 24.8 Å². The van der Waals surface area contributed by atoms with Gasteiger partial charge in [-0.1, -0.05) is 25.2 Å². The Kier molecular flexibility index (Phi) is 4.30. The highest BCUT2D eigenvalue weighted by molar-refractivity contribution is 5.92. The molecule has 0 spiro atoms. The summed E-state index contributed by atoms with van der Waals surface area (Å²) in [7, 11) is 0. The number of carbonyl (C=O) groups excluding carboxylic acids is 1. The smallest absolute Gasteiger partial charge is 0.158 e. The number of hydrogen-bond donors (Lipinski definition) is 0. The molecule has 0 N–H and O–H groups in total. The zero-order chi connectivity index (χ0) is 15.8. The molecule has 2 aliphatic rings. The van der Waals surface area contributed by atoms with Crippen molar-refractivity contribution in [1.82, 2.24) is 0 Å². The van der Waals surface area contributed by atoms with Crippen LogP contribution >= 0.6 is 0 Å². The van der Waals surface area contributed by atoms with Crippen LogP contribution in [0.4, 0.5) is 0 Å². The first-order valence-electron chi connectivity index (χ1n) is 7.88. The second-order valence-electron chi connectivity index (χ2n) is 7.48. The molecule has 2 nitrogen and oxygen atoms in total. The van der Waals surface area contributed by atoms with E-state index in [1.165, 1.54) is 0 Å². The zero-order valence-electron chi connectivity index (χ0n) is 13.8. The van der Waals surface area contributed by atoms with Gasteiger partial charge in [-0.3, -0.25) is 4.79 Å². The first-order chi connectivity index (χ1) is 9.69. The number of rotatable bonds is 5. The number of hydrogen-bond acceptors (Lipinski definition) is 2. The van der Waals surface area contributed by atoms with Crippen molar-refractivity contribution in [2.75, 3.05) is 0 Å². The molecule has 0 aromatic heterocycles. The molecular weight excluding hydrogens is 260 g/mol. The van der Waals surface area contributed by atoms with Gasteiger partial charge in [0.25, 0.3) is 0 Å². The van der Waals surface area contributed by atoms with E-state index in [2.05, 4.69) is 27.0 Å². The topological polar surface area (TPSA) is 29.6 Å². The van der Waals surface area contributed by atoms with Crippen LogP contribution in [0.25, 0.3) is 0 Å².